The zero-order valence-corrected chi connectivity index (χ0v) is 24.7. The highest BCUT2D eigenvalue weighted by Gasteiger charge is 2.55. The van der Waals surface area contributed by atoms with Crippen LogP contribution in [0.5, 0.6) is 0 Å². The maximum atomic E-state index is 13.8. The Labute approximate surface area is 250 Å². The number of nitrogens with zero attached hydrogens (tertiary/aromatic N) is 1. The van der Waals surface area contributed by atoms with Gasteiger partial charge >= 0.3 is 27.7 Å². The Morgan fingerprint density at radius 3 is 2.09 bits per heavy atom. The largest absolute Gasteiger partial charge is 0.534 e. The third-order valence-corrected chi connectivity index (χ3v) is 8.26. The molecular formula is C28H27F3N2O8S2. The van der Waals surface area contributed by atoms with Crippen LogP contribution in [-0.2, 0) is 33.4 Å². The van der Waals surface area contributed by atoms with Crippen molar-refractivity contribution in [3.05, 3.63) is 95.4 Å². The number of benzene rings is 2. The zero-order valence-electron chi connectivity index (χ0n) is 23.0. The van der Waals surface area contributed by atoms with Crippen molar-refractivity contribution in [3.63, 3.8) is 0 Å². The van der Waals surface area contributed by atoms with Gasteiger partial charge in [0.15, 0.2) is 6.10 Å². The molecule has 1 saturated heterocycles. The molecular weight excluding hydrogens is 613 g/mol. The minimum absolute atomic E-state index is 0.0347. The van der Waals surface area contributed by atoms with E-state index in [1.54, 1.807) is 81.4 Å². The number of rotatable bonds is 8. The van der Waals surface area contributed by atoms with Crippen LogP contribution in [0.3, 0.4) is 0 Å². The summed E-state index contributed by atoms with van der Waals surface area (Å²) >= 11 is 1.08. The molecule has 2 aliphatic rings. The number of hydrogen-bond donors (Lipinski definition) is 1. The first-order chi connectivity index (χ1) is 20.1. The molecule has 0 saturated carbocycles. The Morgan fingerprint density at radius 1 is 1.02 bits per heavy atom. The van der Waals surface area contributed by atoms with Gasteiger partial charge in [0.2, 0.25) is 0 Å². The van der Waals surface area contributed by atoms with Gasteiger partial charge in [0.1, 0.15) is 29.0 Å². The molecule has 2 amide bonds. The number of halogens is 3. The molecule has 10 nitrogen and oxygen atoms in total. The highest BCUT2D eigenvalue weighted by Crippen LogP contribution is 2.42. The monoisotopic (exact) mass is 640 g/mol. The number of ether oxygens (including phenoxy) is 2. The van der Waals surface area contributed by atoms with Crippen molar-refractivity contribution in [2.45, 2.75) is 49.4 Å². The number of carbonyl (C=O) groups is 3. The molecule has 0 aliphatic carbocycles. The second-order valence-electron chi connectivity index (χ2n) is 10.3. The first-order valence-electron chi connectivity index (χ1n) is 12.7. The van der Waals surface area contributed by atoms with Crippen LogP contribution in [0.2, 0.25) is 0 Å². The third-order valence-electron chi connectivity index (χ3n) is 6.03. The summed E-state index contributed by atoms with van der Waals surface area (Å²) in [5, 5.41) is 1.69. The molecule has 0 bridgehead atoms. The number of β-lactam (4-membered cyclic amide) rings is 1. The van der Waals surface area contributed by atoms with Crippen LogP contribution in [0.4, 0.5) is 18.0 Å². The molecule has 2 unspecified atom stereocenters. The van der Waals surface area contributed by atoms with Gasteiger partial charge < -0.3 is 19.0 Å². The normalized spacial score (nSPS) is 19.1. The van der Waals surface area contributed by atoms with Gasteiger partial charge in [-0.3, -0.25) is 9.69 Å². The fourth-order valence-electron chi connectivity index (χ4n) is 4.18. The van der Waals surface area contributed by atoms with Crippen LogP contribution in [-0.4, -0.2) is 59.6 Å². The minimum Gasteiger partial charge on any atom is -0.448 e. The van der Waals surface area contributed by atoms with E-state index in [0.717, 1.165) is 22.7 Å². The first-order valence-corrected chi connectivity index (χ1v) is 15.2. The minimum atomic E-state index is -5.96. The van der Waals surface area contributed by atoms with E-state index >= 15 is 0 Å². The summed E-state index contributed by atoms with van der Waals surface area (Å²) in [6.45, 7) is 4.93. The molecule has 0 radical (unpaired) electrons. The Bertz CT molecular complexity index is 1500. The molecule has 2 heterocycles. The summed E-state index contributed by atoms with van der Waals surface area (Å²) in [5.74, 6) is -1.79. The maximum absolute atomic E-state index is 13.8. The molecule has 0 aromatic heterocycles. The Morgan fingerprint density at radius 2 is 1.58 bits per heavy atom. The number of esters is 1. The zero-order chi connectivity index (χ0) is 31.6. The van der Waals surface area contributed by atoms with Crippen molar-refractivity contribution >= 4 is 39.8 Å². The van der Waals surface area contributed by atoms with Gasteiger partial charge in [0.05, 0.1) is 0 Å². The van der Waals surface area contributed by atoms with E-state index in [1.165, 1.54) is 0 Å². The summed E-state index contributed by atoms with van der Waals surface area (Å²) in [6.07, 6.45) is -0.664. The average Bonchev–Trinajstić information content (AvgIpc) is 2.93. The van der Waals surface area contributed by atoms with Gasteiger partial charge in [-0.25, -0.2) is 9.59 Å². The Kier molecular flexibility index (Phi) is 9.16. The van der Waals surface area contributed by atoms with Crippen LogP contribution in [0.25, 0.3) is 0 Å². The lowest BCUT2D eigenvalue weighted by atomic mass is 10.0. The van der Waals surface area contributed by atoms with Crippen LogP contribution in [0.1, 0.15) is 38.0 Å². The summed E-state index contributed by atoms with van der Waals surface area (Å²) < 4.78 is 76.1. The Hall–Kier alpha value is -3.98. The molecule has 0 spiro atoms. The van der Waals surface area contributed by atoms with E-state index in [9.17, 15) is 36.0 Å². The number of alkyl carbamates (subject to hydrolysis) is 1. The fourth-order valence-corrected chi connectivity index (χ4v) is 5.81. The molecule has 1 fully saturated rings. The van der Waals surface area contributed by atoms with E-state index in [2.05, 4.69) is 9.50 Å². The maximum Gasteiger partial charge on any atom is 0.534 e. The number of alkyl halides is 3. The van der Waals surface area contributed by atoms with Crippen LogP contribution < -0.4 is 5.32 Å². The van der Waals surface area contributed by atoms with Crippen molar-refractivity contribution in [3.8, 4) is 0 Å². The molecule has 1 N–H and O–H groups in total. The second-order valence-corrected chi connectivity index (χ2v) is 13.0. The first kappa shape index (κ1) is 31.9. The van der Waals surface area contributed by atoms with E-state index in [1.807, 2.05) is 0 Å². The standard InChI is InChI=1S/C28H27F3N2O8S2/c1-27(2,3)41-26(36)32-20-23(34)33-21(19(16-42-24(20)33)14-15-39-43(37,38)28(29,30)31)25(35)40-22(17-10-6-4-7-11-17)18-12-8-5-9-13-18/h4-15,20,22,24H,16H2,1-3H3,(H,32,36)/b15-14+. The summed E-state index contributed by atoms with van der Waals surface area (Å²) in [4.78, 5) is 40.4. The molecule has 2 atom stereocenters. The lowest BCUT2D eigenvalue weighted by Gasteiger charge is -2.49. The van der Waals surface area contributed by atoms with Crippen LogP contribution in [0, 0.1) is 0 Å². The molecule has 2 aromatic rings. The molecule has 4 rings (SSSR count). The van der Waals surface area contributed by atoms with Gasteiger partial charge in [0, 0.05) is 5.75 Å². The average molecular weight is 641 g/mol. The quantitative estimate of drug-likeness (QED) is 0.143. The van der Waals surface area contributed by atoms with Gasteiger partial charge in [0.25, 0.3) is 5.91 Å². The van der Waals surface area contributed by atoms with Gasteiger partial charge in [-0.1, -0.05) is 60.7 Å². The van der Waals surface area contributed by atoms with E-state index in [-0.39, 0.29) is 23.3 Å². The number of thioether (sulfide) groups is 1. The number of nitrogens with one attached hydrogen (secondary N) is 1. The highest BCUT2D eigenvalue weighted by molar-refractivity contribution is 8.00. The number of carbonyl (C=O) groups excluding carboxylic acids is 3. The van der Waals surface area contributed by atoms with Crippen molar-refractivity contribution in [2.24, 2.45) is 0 Å². The second kappa shape index (κ2) is 12.3. The number of amides is 2. The molecule has 230 valence electrons. The summed E-state index contributed by atoms with van der Waals surface area (Å²) in [5.41, 5.74) is -5.69. The summed E-state index contributed by atoms with van der Waals surface area (Å²) in [7, 11) is -5.96. The van der Waals surface area contributed by atoms with Crippen molar-refractivity contribution in [1.29, 1.82) is 0 Å². The predicted molar refractivity (Wildman–Crippen MR) is 149 cm³/mol. The summed E-state index contributed by atoms with van der Waals surface area (Å²) in [6, 6.07) is 16.3. The highest BCUT2D eigenvalue weighted by atomic mass is 32.2. The van der Waals surface area contributed by atoms with E-state index in [4.69, 9.17) is 9.47 Å². The smallest absolute Gasteiger partial charge is 0.448 e. The van der Waals surface area contributed by atoms with Crippen molar-refractivity contribution in [2.75, 3.05) is 5.75 Å². The van der Waals surface area contributed by atoms with Crippen molar-refractivity contribution in [1.82, 2.24) is 10.2 Å². The SMILES string of the molecule is CC(C)(C)OC(=O)NC1C(=O)N2C(C(=O)OC(c3ccccc3)c3ccccc3)=C(/C=C/OS(=O)(=O)C(F)(F)F)CSC12. The molecule has 15 heteroatoms. The number of fused-ring (bicyclic) bond motifs is 1. The van der Waals surface area contributed by atoms with Crippen LogP contribution >= 0.6 is 11.8 Å². The van der Waals surface area contributed by atoms with E-state index < -0.39 is 56.7 Å². The number of hydrogen-bond acceptors (Lipinski definition) is 9. The Balaban J connectivity index is 1.68. The van der Waals surface area contributed by atoms with Gasteiger partial charge in [-0.2, -0.15) is 21.6 Å². The lowest BCUT2D eigenvalue weighted by Crippen LogP contribution is -2.70. The molecule has 43 heavy (non-hydrogen) atoms. The lowest BCUT2D eigenvalue weighted by molar-refractivity contribution is -0.153. The number of allylic oxidation sites excluding steroid dienone is 1. The predicted octanol–water partition coefficient (Wildman–Crippen LogP) is 4.76. The van der Waals surface area contributed by atoms with Crippen LogP contribution in [0.15, 0.2) is 84.3 Å². The van der Waals surface area contributed by atoms with E-state index in [0.29, 0.717) is 11.1 Å². The van der Waals surface area contributed by atoms with Gasteiger partial charge in [-0.15, -0.1) is 11.8 Å². The topological polar surface area (TPSA) is 128 Å². The fraction of sp³-hybridized carbons (Fsp3) is 0.321. The van der Waals surface area contributed by atoms with Gasteiger partial charge in [-0.05, 0) is 43.5 Å². The van der Waals surface area contributed by atoms with Crippen molar-refractivity contribution < 1.29 is 49.6 Å². The third kappa shape index (κ3) is 7.33. The molecule has 2 aliphatic heterocycles. The molecule has 2 aromatic carbocycles.